The van der Waals surface area contributed by atoms with Crippen LogP contribution in [-0.2, 0) is 4.79 Å². The van der Waals surface area contributed by atoms with Crippen LogP contribution in [0.25, 0.3) is 0 Å². The quantitative estimate of drug-likeness (QED) is 0.681. The lowest BCUT2D eigenvalue weighted by Gasteiger charge is -2.33. The third-order valence-corrected chi connectivity index (χ3v) is 2.77. The molecule has 0 bridgehead atoms. The number of nitrogens with zero attached hydrogens (tertiary/aromatic N) is 2. The molecule has 0 aromatic heterocycles. The van der Waals surface area contributed by atoms with Crippen molar-refractivity contribution in [2.24, 2.45) is 11.7 Å². The molecule has 1 amide bonds. The molecule has 0 spiro atoms. The van der Waals surface area contributed by atoms with Crippen molar-refractivity contribution in [1.82, 2.24) is 9.80 Å². The largest absolute Gasteiger partial charge is 0.342 e. The molecule has 14 heavy (non-hydrogen) atoms. The lowest BCUT2D eigenvalue weighted by Crippen LogP contribution is -2.43. The van der Waals surface area contributed by atoms with E-state index in [-0.39, 0.29) is 12.5 Å². The third kappa shape index (κ3) is 3.27. The van der Waals surface area contributed by atoms with E-state index in [0.29, 0.717) is 0 Å². The number of carbonyl (C=O) groups is 1. The zero-order valence-electron chi connectivity index (χ0n) is 9.20. The highest BCUT2D eigenvalue weighted by molar-refractivity contribution is 5.78. The van der Waals surface area contributed by atoms with Crippen molar-refractivity contribution >= 4 is 5.91 Å². The van der Waals surface area contributed by atoms with E-state index in [2.05, 4.69) is 19.0 Å². The summed E-state index contributed by atoms with van der Waals surface area (Å²) in [7, 11) is 4.19. The molecule has 4 nitrogen and oxygen atoms in total. The highest BCUT2D eigenvalue weighted by Gasteiger charge is 2.21. The fraction of sp³-hybridized carbons (Fsp3) is 0.900. The Bertz CT molecular complexity index is 186. The maximum absolute atomic E-state index is 11.3. The summed E-state index contributed by atoms with van der Waals surface area (Å²) in [6, 6.07) is 0. The van der Waals surface area contributed by atoms with E-state index < -0.39 is 0 Å². The van der Waals surface area contributed by atoms with Crippen molar-refractivity contribution < 1.29 is 4.79 Å². The average molecular weight is 199 g/mol. The van der Waals surface area contributed by atoms with Gasteiger partial charge in [-0.25, -0.2) is 0 Å². The normalized spacial score (nSPS) is 19.0. The Kier molecular flexibility index (Phi) is 4.35. The molecule has 2 N–H and O–H groups in total. The van der Waals surface area contributed by atoms with Gasteiger partial charge >= 0.3 is 0 Å². The number of likely N-dealkylation sites (tertiary alicyclic amines) is 1. The zero-order chi connectivity index (χ0) is 10.6. The van der Waals surface area contributed by atoms with Crippen LogP contribution < -0.4 is 5.73 Å². The number of carbonyl (C=O) groups excluding carboxylic acids is 1. The van der Waals surface area contributed by atoms with E-state index in [1.165, 1.54) is 0 Å². The molecule has 0 unspecified atom stereocenters. The van der Waals surface area contributed by atoms with Crippen LogP contribution in [0.2, 0.25) is 0 Å². The van der Waals surface area contributed by atoms with Crippen molar-refractivity contribution in [2.75, 3.05) is 40.3 Å². The van der Waals surface area contributed by atoms with Crippen molar-refractivity contribution in [3.8, 4) is 0 Å². The highest BCUT2D eigenvalue weighted by Crippen LogP contribution is 2.17. The Hall–Kier alpha value is -0.610. The molecule has 0 aromatic carbocycles. The lowest BCUT2D eigenvalue weighted by molar-refractivity contribution is -0.131. The number of hydrogen-bond donors (Lipinski definition) is 1. The molecule has 1 saturated heterocycles. The smallest absolute Gasteiger partial charge is 0.236 e. The van der Waals surface area contributed by atoms with Gasteiger partial charge in [-0.3, -0.25) is 4.79 Å². The van der Waals surface area contributed by atoms with Crippen LogP contribution in [0, 0.1) is 5.92 Å². The van der Waals surface area contributed by atoms with Gasteiger partial charge in [0.05, 0.1) is 6.54 Å². The van der Waals surface area contributed by atoms with Crippen LogP contribution >= 0.6 is 0 Å². The Morgan fingerprint density at radius 3 is 2.43 bits per heavy atom. The molecule has 0 aliphatic carbocycles. The molecule has 1 fully saturated rings. The van der Waals surface area contributed by atoms with Crippen LogP contribution in [0.5, 0.6) is 0 Å². The van der Waals surface area contributed by atoms with E-state index in [1.807, 2.05) is 4.90 Å². The van der Waals surface area contributed by atoms with Gasteiger partial charge in [-0.1, -0.05) is 0 Å². The minimum Gasteiger partial charge on any atom is -0.342 e. The van der Waals surface area contributed by atoms with Gasteiger partial charge in [-0.15, -0.1) is 0 Å². The van der Waals surface area contributed by atoms with Gasteiger partial charge in [0, 0.05) is 19.6 Å². The van der Waals surface area contributed by atoms with Crippen LogP contribution in [0.15, 0.2) is 0 Å². The molecular formula is C10H21N3O. The molecule has 4 heteroatoms. The number of amides is 1. The fourth-order valence-corrected chi connectivity index (χ4v) is 2.01. The molecular weight excluding hydrogens is 178 g/mol. The number of rotatable bonds is 3. The number of nitrogens with two attached hydrogens (primary N) is 1. The first kappa shape index (κ1) is 11.5. The summed E-state index contributed by atoms with van der Waals surface area (Å²) >= 11 is 0. The number of piperidine rings is 1. The maximum atomic E-state index is 11.3. The van der Waals surface area contributed by atoms with Gasteiger partial charge in [-0.05, 0) is 32.9 Å². The average Bonchev–Trinajstić information content (AvgIpc) is 2.17. The summed E-state index contributed by atoms with van der Waals surface area (Å²) in [5.41, 5.74) is 5.32. The van der Waals surface area contributed by atoms with Gasteiger partial charge in [0.2, 0.25) is 5.91 Å². The Morgan fingerprint density at radius 1 is 1.43 bits per heavy atom. The zero-order valence-corrected chi connectivity index (χ0v) is 9.20. The Balaban J connectivity index is 2.27. The van der Waals surface area contributed by atoms with Crippen LogP contribution in [-0.4, -0.2) is 56.0 Å². The predicted molar refractivity (Wildman–Crippen MR) is 56.9 cm³/mol. The second-order valence-corrected chi connectivity index (χ2v) is 4.29. The standard InChI is InChI=1S/C10H21N3O/c1-12(2)8-9-3-5-13(6-4-9)10(14)7-11/h9H,3-8,11H2,1-2H3. The Labute approximate surface area is 86.0 Å². The van der Waals surface area contributed by atoms with E-state index in [1.54, 1.807) is 0 Å². The van der Waals surface area contributed by atoms with Gasteiger partial charge in [0.1, 0.15) is 0 Å². The van der Waals surface area contributed by atoms with Gasteiger partial charge in [-0.2, -0.15) is 0 Å². The van der Waals surface area contributed by atoms with Crippen molar-refractivity contribution in [1.29, 1.82) is 0 Å². The molecule has 0 saturated carbocycles. The minimum atomic E-state index is 0.0910. The van der Waals surface area contributed by atoms with Crippen molar-refractivity contribution in [3.63, 3.8) is 0 Å². The number of hydrogen-bond acceptors (Lipinski definition) is 3. The first-order valence-electron chi connectivity index (χ1n) is 5.26. The first-order valence-corrected chi connectivity index (χ1v) is 5.26. The minimum absolute atomic E-state index is 0.0910. The molecule has 1 rings (SSSR count). The monoisotopic (exact) mass is 199 g/mol. The van der Waals surface area contributed by atoms with E-state index in [0.717, 1.165) is 38.4 Å². The topological polar surface area (TPSA) is 49.6 Å². The first-order chi connectivity index (χ1) is 6.63. The predicted octanol–water partition coefficient (Wildman–Crippen LogP) is -0.255. The summed E-state index contributed by atoms with van der Waals surface area (Å²) in [6.45, 7) is 3.05. The molecule has 0 radical (unpaired) electrons. The van der Waals surface area contributed by atoms with E-state index >= 15 is 0 Å². The van der Waals surface area contributed by atoms with E-state index in [9.17, 15) is 4.79 Å². The van der Waals surface area contributed by atoms with E-state index in [4.69, 9.17) is 5.73 Å². The van der Waals surface area contributed by atoms with Crippen LogP contribution in [0.3, 0.4) is 0 Å². The van der Waals surface area contributed by atoms with Crippen molar-refractivity contribution in [2.45, 2.75) is 12.8 Å². The van der Waals surface area contributed by atoms with Crippen LogP contribution in [0.1, 0.15) is 12.8 Å². The second-order valence-electron chi connectivity index (χ2n) is 4.29. The SMILES string of the molecule is CN(C)CC1CCN(C(=O)CN)CC1. The fourth-order valence-electron chi connectivity index (χ4n) is 2.01. The summed E-state index contributed by atoms with van der Waals surface area (Å²) in [5, 5.41) is 0. The molecule has 82 valence electrons. The summed E-state index contributed by atoms with van der Waals surface area (Å²) in [6.07, 6.45) is 2.23. The highest BCUT2D eigenvalue weighted by atomic mass is 16.2. The lowest BCUT2D eigenvalue weighted by atomic mass is 9.96. The summed E-state index contributed by atoms with van der Waals surface area (Å²) in [4.78, 5) is 15.4. The maximum Gasteiger partial charge on any atom is 0.236 e. The molecule has 1 aliphatic rings. The van der Waals surface area contributed by atoms with Gasteiger partial charge < -0.3 is 15.5 Å². The van der Waals surface area contributed by atoms with Crippen molar-refractivity contribution in [3.05, 3.63) is 0 Å². The van der Waals surface area contributed by atoms with Gasteiger partial charge in [0.25, 0.3) is 0 Å². The third-order valence-electron chi connectivity index (χ3n) is 2.77. The molecule has 0 atom stereocenters. The molecule has 1 heterocycles. The summed E-state index contributed by atoms with van der Waals surface area (Å²) < 4.78 is 0. The summed E-state index contributed by atoms with van der Waals surface area (Å²) in [5.74, 6) is 0.833. The molecule has 0 aromatic rings. The molecule has 1 aliphatic heterocycles. The second kappa shape index (κ2) is 5.32. The van der Waals surface area contributed by atoms with Crippen LogP contribution in [0.4, 0.5) is 0 Å². The van der Waals surface area contributed by atoms with Gasteiger partial charge in [0.15, 0.2) is 0 Å². The Morgan fingerprint density at radius 2 is 2.00 bits per heavy atom.